The summed E-state index contributed by atoms with van der Waals surface area (Å²) in [6, 6.07) is 0. The zero-order chi connectivity index (χ0) is 7.28. The first-order chi connectivity index (χ1) is 4.13. The molecule has 0 spiro atoms. The van der Waals surface area contributed by atoms with Crippen LogP contribution in [0.4, 0.5) is 0 Å². The van der Waals surface area contributed by atoms with E-state index in [1.165, 1.54) is 0 Å². The van der Waals surface area contributed by atoms with Crippen LogP contribution in [0.25, 0.3) is 0 Å². The summed E-state index contributed by atoms with van der Waals surface area (Å²) < 4.78 is 0. The molecule has 0 saturated heterocycles. The van der Waals surface area contributed by atoms with E-state index in [9.17, 15) is 0 Å². The summed E-state index contributed by atoms with van der Waals surface area (Å²) in [6.45, 7) is 8.74. The van der Waals surface area contributed by atoms with E-state index >= 15 is 0 Å². The first-order valence-electron chi connectivity index (χ1n) is 3.64. The highest BCUT2D eigenvalue weighted by atomic mass is 13.7. The van der Waals surface area contributed by atoms with Gasteiger partial charge in [-0.15, -0.1) is 0 Å². The summed E-state index contributed by atoms with van der Waals surface area (Å²) in [7, 11) is 6.56. The minimum atomic E-state index is 0.681. The Kier molecular flexibility index (Phi) is 5.13. The van der Waals surface area contributed by atoms with E-state index in [2.05, 4.69) is 49.1 Å². The van der Waals surface area contributed by atoms with E-state index < -0.39 is 0 Å². The highest BCUT2D eigenvalue weighted by Gasteiger charge is 1.99. The average molecular weight is 119 g/mol. The van der Waals surface area contributed by atoms with Gasteiger partial charge in [-0.1, -0.05) is 39.3 Å². The van der Waals surface area contributed by atoms with Crippen LogP contribution in [0.1, 0.15) is 27.7 Å². The molecule has 0 amide bonds. The second kappa shape index (κ2) is 5.02. The molecule has 0 atom stereocenters. The lowest BCUT2D eigenvalue weighted by atomic mass is 9.15. The second-order valence-corrected chi connectivity index (χ2v) is 3.07. The van der Waals surface area contributed by atoms with Gasteiger partial charge in [0.1, 0.15) is 0 Å². The molecule has 0 rings (SSSR count). The lowest BCUT2D eigenvalue weighted by Crippen LogP contribution is -2.16. The Morgan fingerprint density at radius 1 is 0.778 bits per heavy atom. The number of hydrogen-bond donors (Lipinski definition) is 0. The van der Waals surface area contributed by atoms with Crippen molar-refractivity contribution >= 4 is 21.4 Å². The van der Waals surface area contributed by atoms with Crippen LogP contribution in [0.3, 0.4) is 0 Å². The van der Waals surface area contributed by atoms with Crippen LogP contribution in [0.15, 0.2) is 0 Å². The maximum absolute atomic E-state index is 2.21. The molecule has 0 aromatic heterocycles. The second-order valence-electron chi connectivity index (χ2n) is 3.07. The fourth-order valence-electron chi connectivity index (χ4n) is 0.509. The third-order valence-corrected chi connectivity index (χ3v) is 0.992. The minimum absolute atomic E-state index is 0.681. The fraction of sp³-hybridized carbons (Fsp3) is 1.00. The van der Waals surface area contributed by atoms with Crippen LogP contribution in [0, 0.1) is 0 Å². The van der Waals surface area contributed by atoms with Gasteiger partial charge >= 0.3 is 0 Å². The van der Waals surface area contributed by atoms with Crippen LogP contribution in [-0.4, -0.2) is 21.4 Å². The van der Waals surface area contributed by atoms with E-state index in [0.717, 1.165) is 0 Å². The van der Waals surface area contributed by atoms with Crippen molar-refractivity contribution in [3.8, 4) is 0 Å². The Morgan fingerprint density at radius 2 is 1.11 bits per heavy atom. The van der Waals surface area contributed by atoms with Gasteiger partial charge in [0.25, 0.3) is 0 Å². The summed E-state index contributed by atoms with van der Waals surface area (Å²) >= 11 is 0. The number of rotatable bonds is 4. The predicted molar refractivity (Wildman–Crippen MR) is 47.5 cm³/mol. The first kappa shape index (κ1) is 9.19. The van der Waals surface area contributed by atoms with Crippen LogP contribution in [0.2, 0.25) is 11.6 Å². The minimum Gasteiger partial charge on any atom is -0.0837 e. The van der Waals surface area contributed by atoms with Gasteiger partial charge in [0.15, 0.2) is 0 Å². The van der Waals surface area contributed by atoms with Gasteiger partial charge in [-0.2, -0.15) is 0 Å². The maximum atomic E-state index is 2.21. The van der Waals surface area contributed by atoms with Gasteiger partial charge in [0.2, 0.25) is 0 Å². The van der Waals surface area contributed by atoms with Crippen LogP contribution >= 0.6 is 0 Å². The molecule has 0 aliphatic heterocycles. The highest BCUT2D eigenvalue weighted by Crippen LogP contribution is 1.98. The van der Waals surface area contributed by atoms with Crippen molar-refractivity contribution in [2.24, 2.45) is 0 Å². The first-order valence-corrected chi connectivity index (χ1v) is 3.64. The van der Waals surface area contributed by atoms with Gasteiger partial charge in [-0.05, 0) is 0 Å². The molecular weight excluding hydrogens is 105 g/mol. The molecule has 0 aliphatic carbocycles. The number of hydrogen-bond acceptors (Lipinski definition) is 0. The molecule has 0 nitrogen and oxygen atoms in total. The zero-order valence-electron chi connectivity index (χ0n) is 6.89. The molecule has 3 heteroatoms. The van der Waals surface area contributed by atoms with Crippen LogP contribution in [0.5, 0.6) is 0 Å². The molecule has 0 heterocycles. The van der Waals surface area contributed by atoms with Crippen molar-refractivity contribution in [2.75, 3.05) is 0 Å². The predicted octanol–water partition coefficient (Wildman–Crippen LogP) is 1.59. The molecular formula is C6H14B3. The lowest BCUT2D eigenvalue weighted by Gasteiger charge is -2.02. The smallest absolute Gasteiger partial charge is 0.0588 e. The summed E-state index contributed by atoms with van der Waals surface area (Å²) in [5.74, 6) is 1.36. The van der Waals surface area contributed by atoms with Gasteiger partial charge in [0.05, 0.1) is 14.3 Å². The summed E-state index contributed by atoms with van der Waals surface area (Å²) in [4.78, 5) is 0. The molecule has 9 heavy (non-hydrogen) atoms. The third-order valence-electron chi connectivity index (χ3n) is 0.992. The van der Waals surface area contributed by atoms with Crippen LogP contribution in [-0.2, 0) is 0 Å². The van der Waals surface area contributed by atoms with Crippen LogP contribution < -0.4 is 0 Å². The van der Waals surface area contributed by atoms with E-state index in [0.29, 0.717) is 11.6 Å². The van der Waals surface area contributed by atoms with Crippen molar-refractivity contribution in [1.29, 1.82) is 0 Å². The molecule has 0 N–H and O–H groups in total. The topological polar surface area (TPSA) is 0 Å². The maximum Gasteiger partial charge on any atom is 0.0588 e. The van der Waals surface area contributed by atoms with Gasteiger partial charge in [0, 0.05) is 7.06 Å². The monoisotopic (exact) mass is 119 g/mol. The van der Waals surface area contributed by atoms with Gasteiger partial charge in [-0.3, -0.25) is 0 Å². The third kappa shape index (κ3) is 8.19. The van der Waals surface area contributed by atoms with Gasteiger partial charge < -0.3 is 0 Å². The highest BCUT2D eigenvalue weighted by molar-refractivity contribution is 7.29. The summed E-state index contributed by atoms with van der Waals surface area (Å²) in [6.07, 6.45) is 0. The van der Waals surface area contributed by atoms with Crippen molar-refractivity contribution < 1.29 is 0 Å². The zero-order valence-corrected chi connectivity index (χ0v) is 6.89. The van der Waals surface area contributed by atoms with E-state index in [-0.39, 0.29) is 0 Å². The van der Waals surface area contributed by atoms with Gasteiger partial charge in [-0.25, -0.2) is 0 Å². The van der Waals surface area contributed by atoms with Crippen molar-refractivity contribution in [3.63, 3.8) is 0 Å². The Morgan fingerprint density at radius 3 is 1.33 bits per heavy atom. The standard InChI is InChI=1S/C6H14B3/c1-5(2)7-9-8-6(3)4/h5-6H,1-4H3. The van der Waals surface area contributed by atoms with E-state index in [4.69, 9.17) is 0 Å². The Hall–Kier alpha value is 0.195. The molecule has 0 fully saturated rings. The summed E-state index contributed by atoms with van der Waals surface area (Å²) in [5, 5.41) is 0. The molecule has 0 aromatic rings. The normalized spacial score (nSPS) is 10.0. The largest absolute Gasteiger partial charge is 0.0837 e. The van der Waals surface area contributed by atoms with E-state index in [1.54, 1.807) is 0 Å². The quantitative estimate of drug-likeness (QED) is 0.492. The Balaban J connectivity index is 2.91. The molecule has 0 unspecified atom stereocenters. The molecule has 0 saturated carbocycles. The lowest BCUT2D eigenvalue weighted by molar-refractivity contribution is 1.07. The SMILES string of the molecule is CC(C)[B][B][B]C(C)C. The Bertz CT molecular complexity index is 53.3. The van der Waals surface area contributed by atoms with E-state index in [1.807, 2.05) is 0 Å². The molecule has 47 valence electrons. The fourth-order valence-corrected chi connectivity index (χ4v) is 0.509. The average Bonchev–Trinajstić information content (AvgIpc) is 1.63. The Labute approximate surface area is 61.5 Å². The molecule has 0 bridgehead atoms. The van der Waals surface area contributed by atoms with Crippen molar-refractivity contribution in [2.45, 2.75) is 39.3 Å². The molecule has 0 aromatic carbocycles. The van der Waals surface area contributed by atoms with Crippen molar-refractivity contribution in [3.05, 3.63) is 0 Å². The summed E-state index contributed by atoms with van der Waals surface area (Å²) in [5.41, 5.74) is 0. The molecule has 3 radical (unpaired) electrons. The molecule has 0 aliphatic rings. The van der Waals surface area contributed by atoms with Crippen molar-refractivity contribution in [1.82, 2.24) is 0 Å².